The van der Waals surface area contributed by atoms with Gasteiger partial charge in [0.1, 0.15) is 12.4 Å². The third-order valence-corrected chi connectivity index (χ3v) is 4.66. The molecule has 120 valence electrons. The van der Waals surface area contributed by atoms with Crippen molar-refractivity contribution in [2.45, 2.75) is 58.6 Å². The average Bonchev–Trinajstić information content (AvgIpc) is 2.41. The van der Waals surface area contributed by atoms with Crippen LogP contribution >= 0.6 is 11.8 Å². The molecule has 0 aromatic rings. The Morgan fingerprint density at radius 1 is 1.43 bits per heavy atom. The van der Waals surface area contributed by atoms with E-state index in [1.54, 1.807) is 0 Å². The zero-order chi connectivity index (χ0) is 15.8. The maximum absolute atomic E-state index is 12.4. The van der Waals surface area contributed by atoms with E-state index in [-0.39, 0.29) is 17.5 Å². The van der Waals surface area contributed by atoms with Crippen molar-refractivity contribution in [2.75, 3.05) is 12.4 Å². The molecular formula is C16H27NO3S. The standard InChI is InChI=1S/C16H27NO3S/c1-5-13(17-20-6-2)16-14(18)9-12(10-15(16)19)8-11(4)21-7-3/h11-12,18H,5-10H2,1-4H3/b17-13+. The maximum atomic E-state index is 12.4. The molecule has 0 amide bonds. The third-order valence-electron chi connectivity index (χ3n) is 3.57. The molecule has 0 saturated carbocycles. The van der Waals surface area contributed by atoms with Crippen LogP contribution in [-0.4, -0.2) is 34.2 Å². The van der Waals surface area contributed by atoms with Crippen molar-refractivity contribution in [3.8, 4) is 0 Å². The fourth-order valence-electron chi connectivity index (χ4n) is 2.72. The van der Waals surface area contributed by atoms with Crippen molar-refractivity contribution in [3.05, 3.63) is 11.3 Å². The number of hydrogen-bond donors (Lipinski definition) is 1. The number of nitrogens with zero attached hydrogens (tertiary/aromatic N) is 1. The lowest BCUT2D eigenvalue weighted by Crippen LogP contribution is -2.26. The van der Waals surface area contributed by atoms with Gasteiger partial charge in [0.15, 0.2) is 5.78 Å². The molecule has 0 aromatic heterocycles. The zero-order valence-electron chi connectivity index (χ0n) is 13.5. The highest BCUT2D eigenvalue weighted by Crippen LogP contribution is 2.32. The van der Waals surface area contributed by atoms with E-state index in [4.69, 9.17) is 4.84 Å². The summed E-state index contributed by atoms with van der Waals surface area (Å²) in [6.45, 7) is 8.54. The van der Waals surface area contributed by atoms with Crippen molar-refractivity contribution in [2.24, 2.45) is 11.1 Å². The summed E-state index contributed by atoms with van der Waals surface area (Å²) in [7, 11) is 0. The van der Waals surface area contributed by atoms with Crippen LogP contribution in [0.2, 0.25) is 0 Å². The van der Waals surface area contributed by atoms with Crippen LogP contribution in [0, 0.1) is 5.92 Å². The number of rotatable bonds is 8. The maximum Gasteiger partial charge on any atom is 0.168 e. The molecule has 0 aromatic carbocycles. The van der Waals surface area contributed by atoms with E-state index in [0.29, 0.717) is 42.4 Å². The fraction of sp³-hybridized carbons (Fsp3) is 0.750. The molecule has 0 aliphatic heterocycles. The topological polar surface area (TPSA) is 58.9 Å². The molecule has 0 spiro atoms. The molecule has 4 nitrogen and oxygen atoms in total. The molecule has 2 unspecified atom stereocenters. The number of ketones is 1. The molecule has 5 heteroatoms. The number of thioether (sulfide) groups is 1. The Kier molecular flexibility index (Phi) is 7.86. The number of carbonyl (C=O) groups excluding carboxylic acids is 1. The van der Waals surface area contributed by atoms with Crippen molar-refractivity contribution in [1.82, 2.24) is 0 Å². The van der Waals surface area contributed by atoms with Crippen LogP contribution < -0.4 is 0 Å². The third kappa shape index (κ3) is 5.38. The van der Waals surface area contributed by atoms with Crippen LogP contribution in [0.25, 0.3) is 0 Å². The number of aliphatic hydroxyl groups is 1. The number of aliphatic hydroxyl groups excluding tert-OH is 1. The van der Waals surface area contributed by atoms with Gasteiger partial charge in [-0.05, 0) is 31.4 Å². The first-order chi connectivity index (χ1) is 10.0. The van der Waals surface area contributed by atoms with Gasteiger partial charge in [-0.25, -0.2) is 0 Å². The zero-order valence-corrected chi connectivity index (χ0v) is 14.3. The summed E-state index contributed by atoms with van der Waals surface area (Å²) >= 11 is 1.90. The summed E-state index contributed by atoms with van der Waals surface area (Å²) in [5.41, 5.74) is 0.951. The quantitative estimate of drug-likeness (QED) is 0.541. The van der Waals surface area contributed by atoms with Gasteiger partial charge in [0, 0.05) is 18.1 Å². The van der Waals surface area contributed by atoms with Gasteiger partial charge in [0.2, 0.25) is 0 Å². The van der Waals surface area contributed by atoms with Crippen molar-refractivity contribution < 1.29 is 14.7 Å². The molecule has 0 fully saturated rings. The number of carbonyl (C=O) groups is 1. The smallest absolute Gasteiger partial charge is 0.168 e. The highest BCUT2D eigenvalue weighted by atomic mass is 32.2. The van der Waals surface area contributed by atoms with Gasteiger partial charge in [-0.3, -0.25) is 4.79 Å². The summed E-state index contributed by atoms with van der Waals surface area (Å²) in [5, 5.41) is 14.8. The predicted molar refractivity (Wildman–Crippen MR) is 88.9 cm³/mol. The number of Topliss-reactive ketones (excluding diaryl/α,β-unsaturated/α-hetero) is 1. The Balaban J connectivity index is 2.82. The SMILES string of the molecule is CCO/N=C(\CC)C1=C(O)CC(CC(C)SCC)CC1=O. The molecule has 0 bridgehead atoms. The van der Waals surface area contributed by atoms with Gasteiger partial charge in [0.05, 0.1) is 11.3 Å². The first-order valence-electron chi connectivity index (χ1n) is 7.79. The first kappa shape index (κ1) is 18.1. The molecule has 1 N–H and O–H groups in total. The van der Waals surface area contributed by atoms with Crippen LogP contribution in [0.3, 0.4) is 0 Å². The van der Waals surface area contributed by atoms with E-state index in [2.05, 4.69) is 19.0 Å². The Morgan fingerprint density at radius 3 is 2.67 bits per heavy atom. The normalized spacial score (nSPS) is 21.6. The summed E-state index contributed by atoms with van der Waals surface area (Å²) in [6, 6.07) is 0. The monoisotopic (exact) mass is 313 g/mol. The molecule has 1 rings (SSSR count). The fourth-order valence-corrected chi connectivity index (χ4v) is 3.70. The molecular weight excluding hydrogens is 286 g/mol. The molecule has 21 heavy (non-hydrogen) atoms. The summed E-state index contributed by atoms with van der Waals surface area (Å²) in [4.78, 5) is 17.4. The van der Waals surface area contributed by atoms with Gasteiger partial charge in [-0.15, -0.1) is 0 Å². The van der Waals surface area contributed by atoms with E-state index in [9.17, 15) is 9.90 Å². The molecule has 0 radical (unpaired) electrons. The molecule has 1 aliphatic rings. The second kappa shape index (κ2) is 9.13. The van der Waals surface area contributed by atoms with Gasteiger partial charge in [-0.1, -0.05) is 25.9 Å². The van der Waals surface area contributed by atoms with Crippen molar-refractivity contribution in [3.63, 3.8) is 0 Å². The second-order valence-electron chi connectivity index (χ2n) is 5.33. The van der Waals surface area contributed by atoms with E-state index < -0.39 is 0 Å². The summed E-state index contributed by atoms with van der Waals surface area (Å²) in [6.07, 6.45) is 2.61. The highest BCUT2D eigenvalue weighted by molar-refractivity contribution is 7.99. The molecule has 1 aliphatic carbocycles. The number of hydrogen-bond acceptors (Lipinski definition) is 5. The minimum absolute atomic E-state index is 0.00208. The Morgan fingerprint density at radius 2 is 2.14 bits per heavy atom. The van der Waals surface area contributed by atoms with Gasteiger partial charge in [-0.2, -0.15) is 11.8 Å². The van der Waals surface area contributed by atoms with E-state index in [1.807, 2.05) is 25.6 Å². The molecule has 0 saturated heterocycles. The highest BCUT2D eigenvalue weighted by Gasteiger charge is 2.31. The Hall–Kier alpha value is -0.970. The number of allylic oxidation sites excluding steroid dienone is 2. The van der Waals surface area contributed by atoms with Gasteiger partial charge < -0.3 is 9.94 Å². The van der Waals surface area contributed by atoms with E-state index >= 15 is 0 Å². The van der Waals surface area contributed by atoms with Crippen molar-refractivity contribution in [1.29, 1.82) is 0 Å². The van der Waals surface area contributed by atoms with Gasteiger partial charge >= 0.3 is 0 Å². The number of oxime groups is 1. The molecule has 0 heterocycles. The summed E-state index contributed by atoms with van der Waals surface area (Å²) < 4.78 is 0. The largest absolute Gasteiger partial charge is 0.511 e. The lowest BCUT2D eigenvalue weighted by Gasteiger charge is -2.25. The van der Waals surface area contributed by atoms with Gasteiger partial charge in [0.25, 0.3) is 0 Å². The summed E-state index contributed by atoms with van der Waals surface area (Å²) in [5.74, 6) is 1.50. The second-order valence-corrected chi connectivity index (χ2v) is 7.05. The first-order valence-corrected chi connectivity index (χ1v) is 8.84. The Labute approximate surface area is 132 Å². The molecule has 2 atom stereocenters. The van der Waals surface area contributed by atoms with Crippen LogP contribution in [0.5, 0.6) is 0 Å². The van der Waals surface area contributed by atoms with Crippen LogP contribution in [0.1, 0.15) is 53.4 Å². The lowest BCUT2D eigenvalue weighted by molar-refractivity contribution is -0.116. The van der Waals surface area contributed by atoms with Crippen LogP contribution in [0.4, 0.5) is 0 Å². The van der Waals surface area contributed by atoms with Crippen LogP contribution in [-0.2, 0) is 9.63 Å². The van der Waals surface area contributed by atoms with Crippen molar-refractivity contribution >= 4 is 23.3 Å². The average molecular weight is 313 g/mol. The minimum Gasteiger partial charge on any atom is -0.511 e. The predicted octanol–water partition coefficient (Wildman–Crippen LogP) is 4.11. The van der Waals surface area contributed by atoms with E-state index in [0.717, 1.165) is 12.2 Å². The van der Waals surface area contributed by atoms with E-state index in [1.165, 1.54) is 0 Å². The minimum atomic E-state index is -0.00208. The Bertz CT molecular complexity index is 418. The van der Waals surface area contributed by atoms with Crippen LogP contribution in [0.15, 0.2) is 16.5 Å². The lowest BCUT2D eigenvalue weighted by atomic mass is 9.82.